The van der Waals surface area contributed by atoms with Crippen molar-refractivity contribution < 1.29 is 9.47 Å². The molecule has 13 rings (SSSR count). The second kappa shape index (κ2) is 14.7. The Hall–Kier alpha value is -7.54. The highest BCUT2D eigenvalue weighted by Gasteiger charge is 2.55. The maximum absolute atomic E-state index is 7.61. The minimum Gasteiger partial charge on any atom is -0.458 e. The van der Waals surface area contributed by atoms with Crippen molar-refractivity contribution in [3.63, 3.8) is 0 Å². The first-order valence-corrected chi connectivity index (χ1v) is 26.0. The van der Waals surface area contributed by atoms with E-state index in [1.807, 2.05) is 0 Å². The van der Waals surface area contributed by atoms with Crippen LogP contribution in [0.5, 0.6) is 23.0 Å². The summed E-state index contributed by atoms with van der Waals surface area (Å²) in [5.41, 5.74) is 15.6. The summed E-state index contributed by atoms with van der Waals surface area (Å²) in [5.74, 6) is 3.68. The van der Waals surface area contributed by atoms with Gasteiger partial charge in [-0.3, -0.25) is 0 Å². The molecule has 0 aromatic heterocycles. The minimum absolute atomic E-state index is 0.0102. The van der Waals surface area contributed by atoms with Gasteiger partial charge in [-0.1, -0.05) is 175 Å². The molecule has 1 spiro atoms. The van der Waals surface area contributed by atoms with Gasteiger partial charge in [-0.2, -0.15) is 0 Å². The van der Waals surface area contributed by atoms with Crippen LogP contribution in [0.4, 0.5) is 34.1 Å². The number of hydrogen-bond donors (Lipinski definition) is 0. The van der Waals surface area contributed by atoms with Crippen LogP contribution < -0.4 is 56.4 Å². The third kappa shape index (κ3) is 5.86. The molecule has 0 radical (unpaired) electrons. The van der Waals surface area contributed by atoms with E-state index in [4.69, 9.17) is 9.47 Å². The van der Waals surface area contributed by atoms with Gasteiger partial charge < -0.3 is 19.3 Å². The lowest BCUT2D eigenvalue weighted by Gasteiger charge is -2.47. The van der Waals surface area contributed by atoms with Gasteiger partial charge in [-0.25, -0.2) is 0 Å². The van der Waals surface area contributed by atoms with E-state index in [-0.39, 0.29) is 17.5 Å². The molecule has 0 saturated carbocycles. The van der Waals surface area contributed by atoms with Crippen LogP contribution in [0.25, 0.3) is 11.1 Å². The fourth-order valence-electron chi connectivity index (χ4n) is 11.7. The van der Waals surface area contributed by atoms with Gasteiger partial charge in [0.05, 0.1) is 0 Å². The number of nitrogens with zero attached hydrogens (tertiary/aromatic N) is 2. The molecule has 0 fully saturated rings. The van der Waals surface area contributed by atoms with E-state index < -0.39 is 8.07 Å². The van der Waals surface area contributed by atoms with E-state index in [1.165, 1.54) is 76.5 Å². The first kappa shape index (κ1) is 40.7. The van der Waals surface area contributed by atoms with E-state index in [0.29, 0.717) is 0 Å². The van der Waals surface area contributed by atoms with Crippen molar-refractivity contribution in [2.75, 3.05) is 9.80 Å². The summed E-state index contributed by atoms with van der Waals surface area (Å²) >= 11 is 0. The molecule has 0 N–H and O–H groups in total. The number of hydrogen-bond acceptors (Lipinski definition) is 4. The summed E-state index contributed by atoms with van der Waals surface area (Å²) in [6, 6.07) is 74.4. The summed E-state index contributed by atoms with van der Waals surface area (Å²) in [5, 5.41) is 4.96. The normalized spacial score (nSPS) is 14.6. The molecule has 0 bridgehead atoms. The first-order valence-electron chi connectivity index (χ1n) is 24.0. The lowest BCUT2D eigenvalue weighted by atomic mass is 9.33. The van der Waals surface area contributed by atoms with Gasteiger partial charge in [-0.05, 0) is 137 Å². The highest BCUT2D eigenvalue weighted by molar-refractivity contribution is 7.22. The van der Waals surface area contributed by atoms with Gasteiger partial charge >= 0.3 is 0 Å². The summed E-state index contributed by atoms with van der Waals surface area (Å²) in [4.78, 5) is 5.02. The predicted octanol–water partition coefficient (Wildman–Crippen LogP) is 11.6. The molecule has 4 aliphatic rings. The average Bonchev–Trinajstić information content (AvgIpc) is 3.36. The zero-order valence-electron chi connectivity index (χ0n) is 39.3. The molecular weight excluding hydrogens is 844 g/mol. The van der Waals surface area contributed by atoms with E-state index in [1.54, 1.807) is 0 Å². The molecule has 0 aliphatic carbocycles. The fraction of sp³-hybridized carbons (Fsp3) is 0.129. The Bertz CT molecular complexity index is 3440. The Kier molecular flexibility index (Phi) is 8.82. The number of rotatable bonds is 3. The highest BCUT2D eigenvalue weighted by Crippen LogP contribution is 2.47. The zero-order chi connectivity index (χ0) is 46.1. The first-order chi connectivity index (χ1) is 33.0. The molecular formula is C62H51BN2O2Si. The van der Waals surface area contributed by atoms with Crippen LogP contribution in [0.3, 0.4) is 0 Å². The molecule has 0 unspecified atom stereocenters. The monoisotopic (exact) mass is 894 g/mol. The second-order valence-corrected chi connectivity index (χ2v) is 24.5. The molecule has 0 atom stereocenters. The molecule has 4 aliphatic heterocycles. The molecule has 328 valence electrons. The van der Waals surface area contributed by atoms with Gasteiger partial charge in [0.25, 0.3) is 6.71 Å². The van der Waals surface area contributed by atoms with Gasteiger partial charge in [0, 0.05) is 34.1 Å². The predicted molar refractivity (Wildman–Crippen MR) is 287 cm³/mol. The summed E-state index contributed by atoms with van der Waals surface area (Å²) in [6.07, 6.45) is 0. The SMILES string of the molecule is CC(C)(C)c1ccc(N2c3cc(-c4ccccc4)ccc3B3c4c2cccc4N(c2ccc(C(C)(C)C)cc2)c2ccc4c(c23)Oc2ccccc2[Si]42c3ccccc3Oc3ccccc32)cc1. The third-order valence-electron chi connectivity index (χ3n) is 14.9. The third-order valence-corrected chi connectivity index (χ3v) is 19.8. The Morgan fingerprint density at radius 2 is 0.868 bits per heavy atom. The van der Waals surface area contributed by atoms with Crippen molar-refractivity contribution in [2.45, 2.75) is 52.4 Å². The van der Waals surface area contributed by atoms with Crippen molar-refractivity contribution in [1.82, 2.24) is 0 Å². The van der Waals surface area contributed by atoms with E-state index in [0.717, 1.165) is 40.1 Å². The maximum atomic E-state index is 7.61. The van der Waals surface area contributed by atoms with Gasteiger partial charge in [-0.15, -0.1) is 0 Å². The summed E-state index contributed by atoms with van der Waals surface area (Å²) < 4.78 is 14.4. The fourth-order valence-corrected chi connectivity index (χ4v) is 16.8. The van der Waals surface area contributed by atoms with Crippen LogP contribution in [0.1, 0.15) is 52.7 Å². The molecule has 9 aromatic carbocycles. The molecule has 6 heteroatoms. The lowest BCUT2D eigenvalue weighted by Crippen LogP contribution is -2.78. The number of ether oxygens (including phenoxy) is 2. The second-order valence-electron chi connectivity index (χ2n) is 20.9. The van der Waals surface area contributed by atoms with Crippen LogP contribution in [0.2, 0.25) is 0 Å². The van der Waals surface area contributed by atoms with Gasteiger partial charge in [0.1, 0.15) is 23.0 Å². The van der Waals surface area contributed by atoms with E-state index >= 15 is 0 Å². The number of benzene rings is 9. The standard InChI is InChI=1S/C62H51BN2O2Si/c1-61(2,3)42-28-32-44(33-29-42)64-47-19-16-20-48-58(47)63(46-36-27-41(40-17-8-7-9-18-40)39-50(46)65(48)45-34-30-43(31-35-45)62(4,5)6)59-49(64)37-38-57-60(59)67-53-23-12-15-26-56(53)68(57)54-24-13-10-21-51(54)66-52-22-11-14-25-55(52)68/h7-39H,1-6H3. The van der Waals surface area contributed by atoms with Crippen LogP contribution in [0.15, 0.2) is 200 Å². The van der Waals surface area contributed by atoms with Crippen LogP contribution in [0, 0.1) is 0 Å². The Labute approximate surface area is 401 Å². The highest BCUT2D eigenvalue weighted by atomic mass is 28.3. The minimum atomic E-state index is -3.08. The maximum Gasteiger partial charge on any atom is 0.257 e. The number of para-hydroxylation sites is 3. The van der Waals surface area contributed by atoms with Gasteiger partial charge in [0.2, 0.25) is 0 Å². The van der Waals surface area contributed by atoms with Crippen LogP contribution >= 0.6 is 0 Å². The van der Waals surface area contributed by atoms with Crippen molar-refractivity contribution >= 4 is 86.0 Å². The van der Waals surface area contributed by atoms with Crippen molar-refractivity contribution in [2.24, 2.45) is 0 Å². The Balaban J connectivity index is 1.15. The average molecular weight is 895 g/mol. The van der Waals surface area contributed by atoms with Crippen LogP contribution in [-0.4, -0.2) is 14.8 Å². The van der Waals surface area contributed by atoms with E-state index in [9.17, 15) is 0 Å². The quantitative estimate of drug-likeness (QED) is 0.165. The van der Waals surface area contributed by atoms with Crippen molar-refractivity contribution in [3.8, 4) is 34.1 Å². The molecule has 0 amide bonds. The summed E-state index contributed by atoms with van der Waals surface area (Å²) in [6.45, 7) is 13.5. The largest absolute Gasteiger partial charge is 0.458 e. The van der Waals surface area contributed by atoms with Crippen molar-refractivity contribution in [1.29, 1.82) is 0 Å². The van der Waals surface area contributed by atoms with Gasteiger partial charge in [0.15, 0.2) is 8.07 Å². The molecule has 4 heterocycles. The van der Waals surface area contributed by atoms with Crippen LogP contribution in [-0.2, 0) is 10.8 Å². The molecule has 4 nitrogen and oxygen atoms in total. The Morgan fingerprint density at radius 3 is 1.41 bits per heavy atom. The summed E-state index contributed by atoms with van der Waals surface area (Å²) in [7, 11) is -3.08. The van der Waals surface area contributed by atoms with Crippen molar-refractivity contribution in [3.05, 3.63) is 211 Å². The van der Waals surface area contributed by atoms with E-state index in [2.05, 4.69) is 252 Å². The molecule has 0 saturated heterocycles. The molecule has 68 heavy (non-hydrogen) atoms. The lowest BCUT2D eigenvalue weighted by molar-refractivity contribution is 0.483. The zero-order valence-corrected chi connectivity index (χ0v) is 40.3. The molecule has 9 aromatic rings. The topological polar surface area (TPSA) is 24.9 Å². The Morgan fingerprint density at radius 1 is 0.382 bits per heavy atom. The number of fused-ring (bicyclic) bond motifs is 13. The number of anilines is 6. The smallest absolute Gasteiger partial charge is 0.257 e.